The fourth-order valence-corrected chi connectivity index (χ4v) is 1.60. The molecule has 0 aliphatic heterocycles. The molecule has 0 aliphatic rings. The van der Waals surface area contributed by atoms with Gasteiger partial charge in [-0.2, -0.15) is 5.26 Å². The summed E-state index contributed by atoms with van der Waals surface area (Å²) in [5.74, 6) is 0. The number of nitrogens with zero attached hydrogens (tertiary/aromatic N) is 2. The van der Waals surface area contributed by atoms with Crippen LogP contribution in [-0.2, 0) is 6.42 Å². The summed E-state index contributed by atoms with van der Waals surface area (Å²) in [6.45, 7) is 3.85. The van der Waals surface area contributed by atoms with E-state index < -0.39 is 0 Å². The van der Waals surface area contributed by atoms with Gasteiger partial charge in [0.1, 0.15) is 0 Å². The molecule has 0 heterocycles. The van der Waals surface area contributed by atoms with Gasteiger partial charge in [0.25, 0.3) is 0 Å². The average Bonchev–Trinajstić information content (AvgIpc) is 2.29. The third kappa shape index (κ3) is 4.51. The molecule has 0 atom stereocenters. The second-order valence-electron chi connectivity index (χ2n) is 3.68. The standard InChI is InChI=1S/C13H18N2/c1-2-10-15(12-14)11-6-9-13-7-4-3-5-8-13/h3-5,7-8H,2,6,9-11H2,1H3. The van der Waals surface area contributed by atoms with Crippen LogP contribution < -0.4 is 0 Å². The molecule has 0 aliphatic carbocycles. The highest BCUT2D eigenvalue weighted by molar-refractivity contribution is 5.14. The van der Waals surface area contributed by atoms with Gasteiger partial charge in [0.15, 0.2) is 6.19 Å². The van der Waals surface area contributed by atoms with Crippen molar-refractivity contribution in [3.8, 4) is 6.19 Å². The number of benzene rings is 1. The molecule has 0 fully saturated rings. The summed E-state index contributed by atoms with van der Waals surface area (Å²) in [7, 11) is 0. The smallest absolute Gasteiger partial charge is 0.179 e. The van der Waals surface area contributed by atoms with E-state index in [1.165, 1.54) is 5.56 Å². The molecular formula is C13H18N2. The highest BCUT2D eigenvalue weighted by atomic mass is 15.1. The third-order valence-electron chi connectivity index (χ3n) is 2.37. The van der Waals surface area contributed by atoms with Crippen molar-refractivity contribution in [3.05, 3.63) is 35.9 Å². The van der Waals surface area contributed by atoms with E-state index >= 15 is 0 Å². The van der Waals surface area contributed by atoms with Crippen LogP contribution in [0.1, 0.15) is 25.3 Å². The van der Waals surface area contributed by atoms with Crippen molar-refractivity contribution >= 4 is 0 Å². The summed E-state index contributed by atoms with van der Waals surface area (Å²) in [5.41, 5.74) is 1.35. The van der Waals surface area contributed by atoms with Crippen LogP contribution in [-0.4, -0.2) is 18.0 Å². The molecule has 0 saturated carbocycles. The lowest BCUT2D eigenvalue weighted by atomic mass is 10.1. The van der Waals surface area contributed by atoms with Gasteiger partial charge in [0, 0.05) is 13.1 Å². The van der Waals surface area contributed by atoms with Gasteiger partial charge in [0.05, 0.1) is 0 Å². The van der Waals surface area contributed by atoms with Gasteiger partial charge < -0.3 is 4.90 Å². The summed E-state index contributed by atoms with van der Waals surface area (Å²) in [6, 6.07) is 10.4. The van der Waals surface area contributed by atoms with Crippen LogP contribution in [0, 0.1) is 11.5 Å². The molecule has 1 aromatic rings. The quantitative estimate of drug-likeness (QED) is 0.524. The minimum absolute atomic E-state index is 0.874. The van der Waals surface area contributed by atoms with Gasteiger partial charge in [-0.1, -0.05) is 37.3 Å². The fraction of sp³-hybridized carbons (Fsp3) is 0.462. The van der Waals surface area contributed by atoms with E-state index in [0.29, 0.717) is 0 Å². The first-order chi connectivity index (χ1) is 7.36. The SMILES string of the molecule is CCCN(C#N)CCCc1ccccc1. The Morgan fingerprint density at radius 1 is 1.20 bits per heavy atom. The number of aryl methyl sites for hydroxylation is 1. The van der Waals surface area contributed by atoms with Gasteiger partial charge in [-0.3, -0.25) is 0 Å². The van der Waals surface area contributed by atoms with Gasteiger partial charge in [-0.05, 0) is 24.8 Å². The molecular weight excluding hydrogens is 184 g/mol. The topological polar surface area (TPSA) is 27.0 Å². The van der Waals surface area contributed by atoms with Crippen LogP contribution in [0.2, 0.25) is 0 Å². The van der Waals surface area contributed by atoms with E-state index in [1.807, 2.05) is 11.0 Å². The first-order valence-corrected chi connectivity index (χ1v) is 5.55. The van der Waals surface area contributed by atoms with Gasteiger partial charge in [-0.25, -0.2) is 0 Å². The van der Waals surface area contributed by atoms with Crippen LogP contribution in [0.3, 0.4) is 0 Å². The Balaban J connectivity index is 2.24. The van der Waals surface area contributed by atoms with Crippen molar-refractivity contribution < 1.29 is 0 Å². The summed E-state index contributed by atoms with van der Waals surface area (Å²) < 4.78 is 0. The molecule has 0 aromatic heterocycles. The maximum atomic E-state index is 8.83. The first-order valence-electron chi connectivity index (χ1n) is 5.55. The molecule has 15 heavy (non-hydrogen) atoms. The predicted molar refractivity (Wildman–Crippen MR) is 62.2 cm³/mol. The molecule has 1 rings (SSSR count). The average molecular weight is 202 g/mol. The van der Waals surface area contributed by atoms with E-state index in [9.17, 15) is 0 Å². The lowest BCUT2D eigenvalue weighted by Crippen LogP contribution is -2.20. The van der Waals surface area contributed by atoms with Gasteiger partial charge >= 0.3 is 0 Å². The maximum Gasteiger partial charge on any atom is 0.179 e. The van der Waals surface area contributed by atoms with E-state index in [1.54, 1.807) is 0 Å². The zero-order valence-electron chi connectivity index (χ0n) is 9.32. The zero-order chi connectivity index (χ0) is 10.9. The monoisotopic (exact) mass is 202 g/mol. The lowest BCUT2D eigenvalue weighted by Gasteiger charge is -2.13. The van der Waals surface area contributed by atoms with Gasteiger partial charge in [0.2, 0.25) is 0 Å². The predicted octanol–water partition coefficient (Wildman–Crippen LogP) is 2.81. The van der Waals surface area contributed by atoms with Crippen LogP contribution in [0.5, 0.6) is 0 Å². The van der Waals surface area contributed by atoms with Gasteiger partial charge in [-0.15, -0.1) is 0 Å². The van der Waals surface area contributed by atoms with Crippen molar-refractivity contribution in [1.82, 2.24) is 4.90 Å². The second-order valence-corrected chi connectivity index (χ2v) is 3.68. The number of nitriles is 1. The molecule has 0 N–H and O–H groups in total. The fourth-order valence-electron chi connectivity index (χ4n) is 1.60. The van der Waals surface area contributed by atoms with E-state index in [0.717, 1.165) is 32.4 Å². The first kappa shape index (κ1) is 11.6. The largest absolute Gasteiger partial charge is 0.311 e. The minimum atomic E-state index is 0.874. The van der Waals surface area contributed by atoms with Crippen LogP contribution in [0.25, 0.3) is 0 Å². The summed E-state index contributed by atoms with van der Waals surface area (Å²) in [5, 5.41) is 8.83. The van der Waals surface area contributed by atoms with Crippen LogP contribution >= 0.6 is 0 Å². The Labute approximate surface area is 92.1 Å². The van der Waals surface area contributed by atoms with Crippen molar-refractivity contribution in [2.75, 3.05) is 13.1 Å². The van der Waals surface area contributed by atoms with E-state index in [4.69, 9.17) is 5.26 Å². The van der Waals surface area contributed by atoms with E-state index in [-0.39, 0.29) is 0 Å². The van der Waals surface area contributed by atoms with Crippen LogP contribution in [0.15, 0.2) is 30.3 Å². The molecule has 0 bridgehead atoms. The van der Waals surface area contributed by atoms with E-state index in [2.05, 4.69) is 37.4 Å². The molecule has 1 aromatic carbocycles. The number of rotatable bonds is 6. The normalized spacial score (nSPS) is 9.60. The molecule has 2 heteroatoms. The highest BCUT2D eigenvalue weighted by Gasteiger charge is 1.99. The number of hydrogen-bond donors (Lipinski definition) is 0. The third-order valence-corrected chi connectivity index (χ3v) is 2.37. The summed E-state index contributed by atoms with van der Waals surface area (Å²) in [4.78, 5) is 1.84. The number of hydrogen-bond acceptors (Lipinski definition) is 2. The van der Waals surface area contributed by atoms with Crippen molar-refractivity contribution in [3.63, 3.8) is 0 Å². The summed E-state index contributed by atoms with van der Waals surface area (Å²) >= 11 is 0. The van der Waals surface area contributed by atoms with Crippen molar-refractivity contribution in [2.24, 2.45) is 0 Å². The Morgan fingerprint density at radius 3 is 2.53 bits per heavy atom. The zero-order valence-corrected chi connectivity index (χ0v) is 9.32. The Morgan fingerprint density at radius 2 is 1.93 bits per heavy atom. The Bertz CT molecular complexity index is 300. The molecule has 80 valence electrons. The van der Waals surface area contributed by atoms with Crippen molar-refractivity contribution in [1.29, 1.82) is 5.26 Å². The Hall–Kier alpha value is -1.49. The molecule has 2 nitrogen and oxygen atoms in total. The lowest BCUT2D eigenvalue weighted by molar-refractivity contribution is 0.384. The van der Waals surface area contributed by atoms with Crippen LogP contribution in [0.4, 0.5) is 0 Å². The molecule has 0 spiro atoms. The highest BCUT2D eigenvalue weighted by Crippen LogP contribution is 2.03. The Kier molecular flexibility index (Phi) is 5.32. The summed E-state index contributed by atoms with van der Waals surface area (Å²) in [6.07, 6.45) is 5.37. The molecule has 0 saturated heterocycles. The second kappa shape index (κ2) is 6.89. The molecule has 0 unspecified atom stereocenters. The molecule has 0 radical (unpaired) electrons. The molecule has 0 amide bonds. The van der Waals surface area contributed by atoms with Crippen molar-refractivity contribution in [2.45, 2.75) is 26.2 Å². The minimum Gasteiger partial charge on any atom is -0.311 e. The maximum absolute atomic E-state index is 8.83.